The molecule has 1 unspecified atom stereocenters. The van der Waals surface area contributed by atoms with Gasteiger partial charge >= 0.3 is 6.03 Å². The van der Waals surface area contributed by atoms with Gasteiger partial charge in [0.2, 0.25) is 0 Å². The molecule has 4 nitrogen and oxygen atoms in total. The summed E-state index contributed by atoms with van der Waals surface area (Å²) < 4.78 is 0. The van der Waals surface area contributed by atoms with E-state index in [9.17, 15) is 4.79 Å². The van der Waals surface area contributed by atoms with Gasteiger partial charge in [0.15, 0.2) is 0 Å². The normalized spacial score (nSPS) is 12.0. The van der Waals surface area contributed by atoms with Crippen LogP contribution in [0, 0.1) is 0 Å². The molecule has 3 rings (SSSR count). The van der Waals surface area contributed by atoms with Crippen molar-refractivity contribution in [3.8, 4) is 0 Å². The summed E-state index contributed by atoms with van der Waals surface area (Å²) in [6.07, 6.45) is 0.792. The van der Waals surface area contributed by atoms with Crippen molar-refractivity contribution in [2.75, 3.05) is 5.32 Å². The molecule has 0 aliphatic carbocycles. The summed E-state index contributed by atoms with van der Waals surface area (Å²) in [6.45, 7) is 4.36. The Bertz CT molecular complexity index is 1010. The number of fused-ring (bicyclic) bond motifs is 1. The van der Waals surface area contributed by atoms with Crippen molar-refractivity contribution in [2.24, 2.45) is 0 Å². The summed E-state index contributed by atoms with van der Waals surface area (Å²) in [5.41, 5.74) is 2.12. The van der Waals surface area contributed by atoms with Gasteiger partial charge in [-0.05, 0) is 43.7 Å². The minimum absolute atomic E-state index is 0.00591. The number of nitrogens with zero attached hydrogens (tertiary/aromatic N) is 2. The number of carbonyl (C=O) groups is 1. The van der Waals surface area contributed by atoms with Crippen LogP contribution >= 0.6 is 34.8 Å². The molecule has 7 heteroatoms. The molecule has 0 spiro atoms. The average Bonchev–Trinajstić information content (AvgIpc) is 2.67. The lowest BCUT2D eigenvalue weighted by Crippen LogP contribution is -2.40. The van der Waals surface area contributed by atoms with Crippen LogP contribution in [0.3, 0.4) is 0 Å². The predicted octanol–water partition coefficient (Wildman–Crippen LogP) is 7.03. The van der Waals surface area contributed by atoms with Crippen LogP contribution in [0.15, 0.2) is 48.5 Å². The smallest absolute Gasteiger partial charge is 0.317 e. The Kier molecular flexibility index (Phi) is 6.65. The third-order valence-electron chi connectivity index (χ3n) is 4.65. The summed E-state index contributed by atoms with van der Waals surface area (Å²) in [5.74, 6) is 0. The molecule has 28 heavy (non-hydrogen) atoms. The lowest BCUT2D eigenvalue weighted by atomic mass is 10.1. The Labute approximate surface area is 179 Å². The van der Waals surface area contributed by atoms with Crippen LogP contribution in [0.4, 0.5) is 10.5 Å². The molecule has 0 aliphatic heterocycles. The van der Waals surface area contributed by atoms with Crippen molar-refractivity contribution in [3.63, 3.8) is 0 Å². The van der Waals surface area contributed by atoms with Gasteiger partial charge in [0, 0.05) is 22.0 Å². The Morgan fingerprint density at radius 1 is 1.14 bits per heavy atom. The second-order valence-corrected chi connectivity index (χ2v) is 7.77. The Balaban J connectivity index is 1.88. The molecule has 1 N–H and O–H groups in total. The van der Waals surface area contributed by atoms with E-state index in [1.165, 1.54) is 0 Å². The van der Waals surface area contributed by atoms with Gasteiger partial charge in [-0.15, -0.1) is 0 Å². The van der Waals surface area contributed by atoms with Crippen molar-refractivity contribution < 1.29 is 4.79 Å². The summed E-state index contributed by atoms with van der Waals surface area (Å²) in [6, 6.07) is 14.4. The van der Waals surface area contributed by atoms with Crippen molar-refractivity contribution in [2.45, 2.75) is 32.9 Å². The molecule has 1 aromatic heterocycles. The van der Waals surface area contributed by atoms with Crippen LogP contribution in [0.25, 0.3) is 10.9 Å². The molecule has 0 saturated carbocycles. The lowest BCUT2D eigenvalue weighted by molar-refractivity contribution is 0.187. The number of benzene rings is 2. The first-order chi connectivity index (χ1) is 13.4. The van der Waals surface area contributed by atoms with Crippen molar-refractivity contribution in [3.05, 3.63) is 69.3 Å². The van der Waals surface area contributed by atoms with Crippen LogP contribution in [-0.2, 0) is 6.54 Å². The molecular weight excluding hydrogens is 417 g/mol. The molecule has 3 aromatic rings. The fourth-order valence-corrected chi connectivity index (χ4v) is 3.52. The summed E-state index contributed by atoms with van der Waals surface area (Å²) in [5, 5.41) is 5.13. The first kappa shape index (κ1) is 20.7. The van der Waals surface area contributed by atoms with Gasteiger partial charge in [-0.1, -0.05) is 59.9 Å². The van der Waals surface area contributed by atoms with Gasteiger partial charge in [-0.3, -0.25) is 0 Å². The highest BCUT2D eigenvalue weighted by Crippen LogP contribution is 2.27. The van der Waals surface area contributed by atoms with E-state index >= 15 is 0 Å². The highest BCUT2D eigenvalue weighted by Gasteiger charge is 2.22. The number of urea groups is 1. The van der Waals surface area contributed by atoms with E-state index in [0.29, 0.717) is 27.4 Å². The summed E-state index contributed by atoms with van der Waals surface area (Å²) >= 11 is 18.5. The number of nitrogens with one attached hydrogen (secondary N) is 1. The number of rotatable bonds is 5. The molecule has 0 fully saturated rings. The summed E-state index contributed by atoms with van der Waals surface area (Å²) in [7, 11) is 0. The number of hydrogen-bond acceptors (Lipinski definition) is 2. The highest BCUT2D eigenvalue weighted by atomic mass is 35.5. The number of amides is 2. The number of anilines is 1. The number of pyridine rings is 1. The second-order valence-electron chi connectivity index (χ2n) is 6.57. The molecular formula is C21H20Cl3N3O. The molecule has 0 radical (unpaired) electrons. The Morgan fingerprint density at radius 3 is 2.61 bits per heavy atom. The molecule has 1 heterocycles. The number of hydrogen-bond donors (Lipinski definition) is 1. The monoisotopic (exact) mass is 435 g/mol. The Hall–Kier alpha value is -2.01. The average molecular weight is 437 g/mol. The van der Waals surface area contributed by atoms with Crippen LogP contribution in [0.2, 0.25) is 15.2 Å². The van der Waals surface area contributed by atoms with Gasteiger partial charge in [0.1, 0.15) is 5.15 Å². The van der Waals surface area contributed by atoms with Gasteiger partial charge in [0.05, 0.1) is 22.8 Å². The summed E-state index contributed by atoms with van der Waals surface area (Å²) in [4.78, 5) is 19.2. The van der Waals surface area contributed by atoms with E-state index in [2.05, 4.69) is 10.3 Å². The number of carbonyl (C=O) groups excluding carboxylic acids is 1. The maximum Gasteiger partial charge on any atom is 0.322 e. The van der Waals surface area contributed by atoms with E-state index in [1.54, 1.807) is 23.1 Å². The van der Waals surface area contributed by atoms with E-state index in [4.69, 9.17) is 34.8 Å². The van der Waals surface area contributed by atoms with Crippen LogP contribution < -0.4 is 5.32 Å². The standard InChI is InChI=1S/C21H20Cl3N3O/c1-3-13(2)27(21(28)26-19-9-8-16(22)11-17(19)23)12-15-10-14-6-4-5-7-18(14)25-20(15)24/h4-11,13H,3,12H2,1-2H3,(H,26,28). The zero-order valence-corrected chi connectivity index (χ0v) is 17.8. The fourth-order valence-electron chi connectivity index (χ4n) is 2.86. The SMILES string of the molecule is CCC(C)N(Cc1cc2ccccc2nc1Cl)C(=O)Nc1ccc(Cl)cc1Cl. The minimum atomic E-state index is -0.261. The van der Waals surface area contributed by atoms with Crippen molar-refractivity contribution >= 4 is 57.4 Å². The van der Waals surface area contributed by atoms with E-state index in [-0.39, 0.29) is 12.1 Å². The maximum absolute atomic E-state index is 13.0. The number of para-hydroxylation sites is 1. The quantitative estimate of drug-likeness (QED) is 0.436. The van der Waals surface area contributed by atoms with Gasteiger partial charge < -0.3 is 10.2 Å². The molecule has 146 valence electrons. The third kappa shape index (κ3) is 4.69. The predicted molar refractivity (Wildman–Crippen MR) is 118 cm³/mol. The van der Waals surface area contributed by atoms with Crippen LogP contribution in [0.5, 0.6) is 0 Å². The number of aromatic nitrogens is 1. The second kappa shape index (κ2) is 8.99. The largest absolute Gasteiger partial charge is 0.322 e. The van der Waals surface area contributed by atoms with Crippen molar-refractivity contribution in [1.82, 2.24) is 9.88 Å². The highest BCUT2D eigenvalue weighted by molar-refractivity contribution is 6.36. The first-order valence-corrected chi connectivity index (χ1v) is 10.1. The zero-order chi connectivity index (χ0) is 20.3. The molecule has 2 aromatic carbocycles. The molecule has 0 aliphatic rings. The first-order valence-electron chi connectivity index (χ1n) is 8.96. The molecule has 0 bridgehead atoms. The molecule has 1 atom stereocenters. The number of halogens is 3. The fraction of sp³-hybridized carbons (Fsp3) is 0.238. The van der Waals surface area contributed by atoms with E-state index in [1.807, 2.05) is 44.2 Å². The van der Waals surface area contributed by atoms with Crippen LogP contribution in [0.1, 0.15) is 25.8 Å². The van der Waals surface area contributed by atoms with E-state index < -0.39 is 0 Å². The zero-order valence-electron chi connectivity index (χ0n) is 15.5. The molecule has 0 saturated heterocycles. The van der Waals surface area contributed by atoms with Gasteiger partial charge in [-0.2, -0.15) is 0 Å². The van der Waals surface area contributed by atoms with Gasteiger partial charge in [0.25, 0.3) is 0 Å². The maximum atomic E-state index is 13.0. The van der Waals surface area contributed by atoms with Gasteiger partial charge in [-0.25, -0.2) is 9.78 Å². The lowest BCUT2D eigenvalue weighted by Gasteiger charge is -2.29. The van der Waals surface area contributed by atoms with Crippen molar-refractivity contribution in [1.29, 1.82) is 0 Å². The Morgan fingerprint density at radius 2 is 1.89 bits per heavy atom. The topological polar surface area (TPSA) is 45.2 Å². The molecule has 2 amide bonds. The van der Waals surface area contributed by atoms with Crippen LogP contribution in [-0.4, -0.2) is 22.0 Å². The van der Waals surface area contributed by atoms with E-state index in [0.717, 1.165) is 22.9 Å². The minimum Gasteiger partial charge on any atom is -0.317 e. The third-order valence-corrected chi connectivity index (χ3v) is 5.52.